The van der Waals surface area contributed by atoms with Crippen molar-refractivity contribution in [1.82, 2.24) is 5.32 Å². The van der Waals surface area contributed by atoms with Crippen LogP contribution in [0.5, 0.6) is 5.75 Å². The molecule has 0 unspecified atom stereocenters. The predicted octanol–water partition coefficient (Wildman–Crippen LogP) is 1.70. The lowest BCUT2D eigenvalue weighted by atomic mass is 9.93. The average molecular weight is 271 g/mol. The Hall–Kier alpha value is -1.69. The lowest BCUT2D eigenvalue weighted by Crippen LogP contribution is -2.38. The summed E-state index contributed by atoms with van der Waals surface area (Å²) in [6.07, 6.45) is 1.97. The molecular weight excluding hydrogens is 256 g/mol. The van der Waals surface area contributed by atoms with E-state index in [4.69, 9.17) is 0 Å². The van der Waals surface area contributed by atoms with E-state index in [2.05, 4.69) is 5.32 Å². The molecule has 1 fully saturated rings. The Bertz CT molecular complexity index is 462. The number of halogens is 2. The number of hydrogen-bond acceptors (Lipinski definition) is 3. The molecule has 0 saturated heterocycles. The number of phenolic OH excluding ortho intramolecular Hbond substituents is 1. The number of carbonyl (C=O) groups is 1. The van der Waals surface area contributed by atoms with Crippen LogP contribution in [0.4, 0.5) is 8.78 Å². The fraction of sp³-hybridized carbons (Fsp3) is 0.462. The van der Waals surface area contributed by atoms with Gasteiger partial charge in [0.15, 0.2) is 0 Å². The zero-order chi connectivity index (χ0) is 14.0. The van der Waals surface area contributed by atoms with E-state index < -0.39 is 28.9 Å². The number of aromatic hydroxyl groups is 1. The molecule has 1 aromatic carbocycles. The van der Waals surface area contributed by atoms with Crippen molar-refractivity contribution in [2.45, 2.75) is 37.8 Å². The Morgan fingerprint density at radius 2 is 1.84 bits per heavy atom. The molecule has 0 bridgehead atoms. The molecule has 1 aliphatic rings. The van der Waals surface area contributed by atoms with Gasteiger partial charge in [0.25, 0.3) is 5.91 Å². The van der Waals surface area contributed by atoms with Crippen molar-refractivity contribution in [2.75, 3.05) is 0 Å². The highest BCUT2D eigenvalue weighted by atomic mass is 19.1. The minimum absolute atomic E-state index is 0.167. The number of rotatable bonds is 2. The monoisotopic (exact) mass is 271 g/mol. The molecule has 0 atom stereocenters. The minimum Gasteiger partial charge on any atom is -0.507 e. The quantitative estimate of drug-likeness (QED) is 0.767. The van der Waals surface area contributed by atoms with Crippen molar-refractivity contribution >= 4 is 5.91 Å². The van der Waals surface area contributed by atoms with Crippen LogP contribution in [0.3, 0.4) is 0 Å². The van der Waals surface area contributed by atoms with E-state index in [1.54, 1.807) is 0 Å². The molecule has 2 rings (SSSR count). The number of nitrogens with one attached hydrogen (secondary N) is 1. The smallest absolute Gasteiger partial charge is 0.258 e. The van der Waals surface area contributed by atoms with Crippen molar-refractivity contribution in [1.29, 1.82) is 0 Å². The van der Waals surface area contributed by atoms with Gasteiger partial charge in [-0.3, -0.25) is 4.79 Å². The van der Waals surface area contributed by atoms with Crippen LogP contribution in [-0.4, -0.2) is 28.3 Å². The fourth-order valence-corrected chi connectivity index (χ4v) is 2.26. The summed E-state index contributed by atoms with van der Waals surface area (Å²) in [6, 6.07) is 1.08. The second-order valence-corrected chi connectivity index (χ2v) is 4.76. The summed E-state index contributed by atoms with van der Waals surface area (Å²) in [5.74, 6) is -3.51. The first-order valence-corrected chi connectivity index (χ1v) is 6.14. The highest BCUT2D eigenvalue weighted by Gasteiger charge is 2.24. The zero-order valence-corrected chi connectivity index (χ0v) is 10.2. The predicted molar refractivity (Wildman–Crippen MR) is 63.8 cm³/mol. The number of hydrogen-bond donors (Lipinski definition) is 3. The molecule has 1 amide bonds. The number of amides is 1. The van der Waals surface area contributed by atoms with Crippen molar-refractivity contribution in [3.8, 4) is 5.75 Å². The summed E-state index contributed by atoms with van der Waals surface area (Å²) in [5.41, 5.74) is -0.549. The van der Waals surface area contributed by atoms with Gasteiger partial charge in [0, 0.05) is 18.2 Å². The molecular formula is C13H15F2NO3. The fourth-order valence-electron chi connectivity index (χ4n) is 2.26. The van der Waals surface area contributed by atoms with E-state index in [0.29, 0.717) is 37.8 Å². The van der Waals surface area contributed by atoms with Gasteiger partial charge in [-0.15, -0.1) is 0 Å². The van der Waals surface area contributed by atoms with Crippen molar-refractivity contribution in [3.63, 3.8) is 0 Å². The largest absolute Gasteiger partial charge is 0.507 e. The molecule has 0 radical (unpaired) electrons. The van der Waals surface area contributed by atoms with Crippen molar-refractivity contribution in [3.05, 3.63) is 29.3 Å². The summed E-state index contributed by atoms with van der Waals surface area (Å²) < 4.78 is 26.3. The Kier molecular flexibility index (Phi) is 3.99. The van der Waals surface area contributed by atoms with Crippen molar-refractivity contribution < 1.29 is 23.8 Å². The van der Waals surface area contributed by atoms with Crippen LogP contribution in [0, 0.1) is 11.6 Å². The second-order valence-electron chi connectivity index (χ2n) is 4.76. The topological polar surface area (TPSA) is 69.6 Å². The minimum atomic E-state index is -1.09. The zero-order valence-electron chi connectivity index (χ0n) is 10.2. The molecule has 1 saturated carbocycles. The summed E-state index contributed by atoms with van der Waals surface area (Å²) in [6.45, 7) is 0. The standard InChI is InChI=1S/C13H15F2NO3/c14-7-5-10(15)12(11(18)6-7)13(19)16-8-1-3-9(17)4-2-8/h5-6,8-9,17-18H,1-4H2,(H,16,19). The summed E-state index contributed by atoms with van der Waals surface area (Å²) in [7, 11) is 0. The first-order valence-electron chi connectivity index (χ1n) is 6.14. The number of benzene rings is 1. The van der Waals surface area contributed by atoms with Gasteiger partial charge in [-0.2, -0.15) is 0 Å². The van der Waals surface area contributed by atoms with E-state index >= 15 is 0 Å². The third-order valence-electron chi connectivity index (χ3n) is 3.29. The van der Waals surface area contributed by atoms with Gasteiger partial charge in [-0.25, -0.2) is 8.78 Å². The van der Waals surface area contributed by atoms with E-state index in [-0.39, 0.29) is 12.1 Å². The first kappa shape index (κ1) is 13.7. The van der Waals surface area contributed by atoms with Crippen LogP contribution < -0.4 is 5.32 Å². The van der Waals surface area contributed by atoms with Gasteiger partial charge >= 0.3 is 0 Å². The van der Waals surface area contributed by atoms with E-state index in [1.807, 2.05) is 0 Å². The Morgan fingerprint density at radius 3 is 2.42 bits per heavy atom. The van der Waals surface area contributed by atoms with Crippen LogP contribution in [-0.2, 0) is 0 Å². The molecule has 0 aliphatic heterocycles. The summed E-state index contributed by atoms with van der Waals surface area (Å²) in [5, 5.41) is 21.4. The van der Waals surface area contributed by atoms with Gasteiger partial charge < -0.3 is 15.5 Å². The maximum Gasteiger partial charge on any atom is 0.258 e. The molecule has 0 spiro atoms. The number of carbonyl (C=O) groups excluding carboxylic acids is 1. The maximum atomic E-state index is 13.5. The van der Waals surface area contributed by atoms with Gasteiger partial charge in [-0.1, -0.05) is 0 Å². The highest BCUT2D eigenvalue weighted by molar-refractivity contribution is 5.97. The maximum absolute atomic E-state index is 13.5. The molecule has 104 valence electrons. The molecule has 6 heteroatoms. The third kappa shape index (κ3) is 3.20. The van der Waals surface area contributed by atoms with Crippen LogP contribution in [0.15, 0.2) is 12.1 Å². The SMILES string of the molecule is O=C(NC1CCC(O)CC1)c1c(O)cc(F)cc1F. The van der Waals surface area contributed by atoms with E-state index in [9.17, 15) is 23.8 Å². The van der Waals surface area contributed by atoms with Gasteiger partial charge in [-0.05, 0) is 25.7 Å². The molecule has 0 aromatic heterocycles. The van der Waals surface area contributed by atoms with Crippen LogP contribution in [0.2, 0.25) is 0 Å². The molecule has 0 heterocycles. The Balaban J connectivity index is 2.08. The van der Waals surface area contributed by atoms with Crippen LogP contribution in [0.1, 0.15) is 36.0 Å². The van der Waals surface area contributed by atoms with Gasteiger partial charge in [0.1, 0.15) is 22.9 Å². The molecule has 1 aromatic rings. The van der Waals surface area contributed by atoms with E-state index in [1.165, 1.54) is 0 Å². The number of aliphatic hydroxyl groups excluding tert-OH is 1. The average Bonchev–Trinajstić information content (AvgIpc) is 2.30. The van der Waals surface area contributed by atoms with Crippen molar-refractivity contribution in [2.24, 2.45) is 0 Å². The Labute approximate surface area is 109 Å². The number of phenols is 1. The normalized spacial score (nSPS) is 23.1. The third-order valence-corrected chi connectivity index (χ3v) is 3.29. The summed E-state index contributed by atoms with van der Waals surface area (Å²) in [4.78, 5) is 11.9. The van der Waals surface area contributed by atoms with Crippen LogP contribution in [0.25, 0.3) is 0 Å². The lowest BCUT2D eigenvalue weighted by Gasteiger charge is -2.26. The lowest BCUT2D eigenvalue weighted by molar-refractivity contribution is 0.0861. The van der Waals surface area contributed by atoms with Crippen LogP contribution >= 0.6 is 0 Å². The summed E-state index contributed by atoms with van der Waals surface area (Å²) >= 11 is 0. The molecule has 4 nitrogen and oxygen atoms in total. The first-order chi connectivity index (χ1) is 8.97. The molecule has 3 N–H and O–H groups in total. The van der Waals surface area contributed by atoms with Gasteiger partial charge in [0.2, 0.25) is 0 Å². The second kappa shape index (κ2) is 5.52. The Morgan fingerprint density at radius 1 is 1.21 bits per heavy atom. The number of aliphatic hydroxyl groups is 1. The van der Waals surface area contributed by atoms with E-state index in [0.717, 1.165) is 0 Å². The molecule has 1 aliphatic carbocycles. The highest BCUT2D eigenvalue weighted by Crippen LogP contribution is 2.23. The van der Waals surface area contributed by atoms with Gasteiger partial charge in [0.05, 0.1) is 6.10 Å². The molecule has 19 heavy (non-hydrogen) atoms.